The van der Waals surface area contributed by atoms with Crippen molar-refractivity contribution >= 4 is 23.4 Å². The molecule has 0 aromatic heterocycles. The summed E-state index contributed by atoms with van der Waals surface area (Å²) < 4.78 is 0. The van der Waals surface area contributed by atoms with Gasteiger partial charge in [-0.1, -0.05) is 54.1 Å². The molecule has 132 valence electrons. The maximum Gasteiger partial charge on any atom is 0.235 e. The maximum absolute atomic E-state index is 12.6. The zero-order chi connectivity index (χ0) is 18.9. The van der Waals surface area contributed by atoms with Gasteiger partial charge in [-0.15, -0.1) is 0 Å². The minimum atomic E-state index is -1.97. The number of primary amides is 1. The van der Waals surface area contributed by atoms with Crippen molar-refractivity contribution in [2.75, 3.05) is 0 Å². The number of nitrogens with two attached hydrogens (primary N) is 1. The van der Waals surface area contributed by atoms with E-state index in [4.69, 9.17) is 17.3 Å². The number of hydrogen-bond donors (Lipinski definition) is 3. The summed E-state index contributed by atoms with van der Waals surface area (Å²) in [4.78, 5) is 24.6. The molecule has 6 nitrogen and oxygen atoms in total. The first-order valence-corrected chi connectivity index (χ1v) is 8.30. The largest absolute Gasteiger partial charge is 0.369 e. The quantitative estimate of drug-likeness (QED) is 0.713. The third-order valence-electron chi connectivity index (χ3n) is 4.66. The number of nitrogens with zero attached hydrogens (tertiary/aromatic N) is 1. The van der Waals surface area contributed by atoms with Crippen molar-refractivity contribution in [1.29, 1.82) is 5.26 Å². The highest BCUT2D eigenvalue weighted by Gasteiger charge is 2.55. The van der Waals surface area contributed by atoms with Crippen molar-refractivity contribution in [3.8, 4) is 6.07 Å². The summed E-state index contributed by atoms with van der Waals surface area (Å²) in [5, 5.41) is 23.9. The van der Waals surface area contributed by atoms with Gasteiger partial charge in [0.2, 0.25) is 11.8 Å². The van der Waals surface area contributed by atoms with Gasteiger partial charge in [0, 0.05) is 16.5 Å². The average molecular weight is 370 g/mol. The lowest BCUT2D eigenvalue weighted by atomic mass is 9.67. The van der Waals surface area contributed by atoms with Crippen LogP contribution in [0.1, 0.15) is 17.0 Å². The molecule has 0 spiro atoms. The fourth-order valence-corrected chi connectivity index (χ4v) is 3.68. The first kappa shape index (κ1) is 17.9. The average Bonchev–Trinajstić information content (AvgIpc) is 2.61. The molecular formula is C19H16ClN3O3. The Morgan fingerprint density at radius 1 is 1.23 bits per heavy atom. The van der Waals surface area contributed by atoms with Crippen molar-refractivity contribution in [2.24, 2.45) is 17.6 Å². The Balaban J connectivity index is 2.20. The lowest BCUT2D eigenvalue weighted by molar-refractivity contribution is -0.153. The van der Waals surface area contributed by atoms with E-state index in [9.17, 15) is 20.0 Å². The van der Waals surface area contributed by atoms with E-state index >= 15 is 0 Å². The topological polar surface area (TPSA) is 116 Å². The van der Waals surface area contributed by atoms with Crippen molar-refractivity contribution in [3.63, 3.8) is 0 Å². The Labute approximate surface area is 155 Å². The summed E-state index contributed by atoms with van der Waals surface area (Å²) in [5.74, 6) is -5.01. The normalized spacial score (nSPS) is 28.0. The molecule has 0 radical (unpaired) electrons. The minimum Gasteiger partial charge on any atom is -0.369 e. The van der Waals surface area contributed by atoms with Crippen LogP contribution in [0.5, 0.6) is 0 Å². The van der Waals surface area contributed by atoms with Crippen LogP contribution in [-0.2, 0) is 15.3 Å². The molecule has 26 heavy (non-hydrogen) atoms. The number of carbonyl (C=O) groups is 2. The van der Waals surface area contributed by atoms with Crippen LogP contribution in [0.25, 0.3) is 0 Å². The van der Waals surface area contributed by atoms with Crippen molar-refractivity contribution in [2.45, 2.75) is 11.6 Å². The molecule has 2 aromatic rings. The van der Waals surface area contributed by atoms with Crippen LogP contribution >= 0.6 is 11.6 Å². The molecule has 4 atom stereocenters. The predicted octanol–water partition coefficient (Wildman–Crippen LogP) is 1.64. The molecule has 1 heterocycles. The number of carbonyl (C=O) groups excluding carboxylic acids is 2. The molecule has 7 heteroatoms. The summed E-state index contributed by atoms with van der Waals surface area (Å²) in [5.41, 5.74) is 4.30. The van der Waals surface area contributed by atoms with Crippen LogP contribution in [0.2, 0.25) is 5.02 Å². The summed E-state index contributed by atoms with van der Waals surface area (Å²) in [6.45, 7) is 0. The summed E-state index contributed by atoms with van der Waals surface area (Å²) in [7, 11) is 0. The van der Waals surface area contributed by atoms with Crippen LogP contribution in [0.3, 0.4) is 0 Å². The number of nitrogens with one attached hydrogen (secondary N) is 1. The Hall–Kier alpha value is -2.88. The van der Waals surface area contributed by atoms with E-state index in [-0.39, 0.29) is 0 Å². The van der Waals surface area contributed by atoms with Gasteiger partial charge in [0.1, 0.15) is 11.8 Å². The predicted molar refractivity (Wildman–Crippen MR) is 94.5 cm³/mol. The Kier molecular flexibility index (Phi) is 4.68. The van der Waals surface area contributed by atoms with Gasteiger partial charge in [-0.05, 0) is 17.7 Å². The van der Waals surface area contributed by atoms with Crippen LogP contribution in [0.4, 0.5) is 0 Å². The van der Waals surface area contributed by atoms with Crippen molar-refractivity contribution in [3.05, 3.63) is 70.7 Å². The van der Waals surface area contributed by atoms with E-state index in [2.05, 4.69) is 11.4 Å². The molecule has 0 saturated carbocycles. The summed E-state index contributed by atoms with van der Waals surface area (Å²) in [6.07, 6.45) is 0. The number of amides is 2. The lowest BCUT2D eigenvalue weighted by Crippen LogP contribution is -2.62. The molecule has 2 amide bonds. The molecule has 3 rings (SSSR count). The zero-order valence-corrected chi connectivity index (χ0v) is 14.4. The van der Waals surface area contributed by atoms with Gasteiger partial charge in [-0.2, -0.15) is 5.26 Å². The van der Waals surface area contributed by atoms with Crippen LogP contribution in [-0.4, -0.2) is 16.9 Å². The lowest BCUT2D eigenvalue weighted by Gasteiger charge is -2.44. The van der Waals surface area contributed by atoms with E-state index in [1.165, 1.54) is 0 Å². The molecule has 1 aliphatic heterocycles. The zero-order valence-electron chi connectivity index (χ0n) is 13.6. The van der Waals surface area contributed by atoms with Crippen LogP contribution < -0.4 is 11.1 Å². The number of piperidine rings is 1. The fourth-order valence-electron chi connectivity index (χ4n) is 3.48. The fraction of sp³-hybridized carbons (Fsp3) is 0.211. The third-order valence-corrected chi connectivity index (χ3v) is 4.89. The smallest absolute Gasteiger partial charge is 0.235 e. The number of aliphatic hydroxyl groups is 1. The number of nitriles is 1. The van der Waals surface area contributed by atoms with Crippen molar-refractivity contribution in [1.82, 2.24) is 5.32 Å². The highest BCUT2D eigenvalue weighted by molar-refractivity contribution is 6.30. The number of halogens is 1. The first-order chi connectivity index (χ1) is 12.4. The Morgan fingerprint density at radius 2 is 1.92 bits per heavy atom. The van der Waals surface area contributed by atoms with Crippen LogP contribution in [0, 0.1) is 23.2 Å². The molecule has 2 aromatic carbocycles. The van der Waals surface area contributed by atoms with E-state index in [0.29, 0.717) is 16.1 Å². The first-order valence-electron chi connectivity index (χ1n) is 7.93. The molecule has 1 aliphatic rings. The number of hydrogen-bond acceptors (Lipinski definition) is 4. The maximum atomic E-state index is 12.6. The number of rotatable bonds is 3. The molecule has 1 saturated heterocycles. The van der Waals surface area contributed by atoms with E-state index in [0.717, 1.165) is 0 Å². The molecule has 1 fully saturated rings. The van der Waals surface area contributed by atoms with Crippen molar-refractivity contribution < 1.29 is 14.7 Å². The van der Waals surface area contributed by atoms with Gasteiger partial charge in [0.05, 0.1) is 6.07 Å². The Morgan fingerprint density at radius 3 is 2.50 bits per heavy atom. The van der Waals surface area contributed by atoms with Gasteiger partial charge >= 0.3 is 0 Å². The minimum absolute atomic E-state index is 0.342. The van der Waals surface area contributed by atoms with Gasteiger partial charge < -0.3 is 16.2 Å². The monoisotopic (exact) mass is 369 g/mol. The molecule has 0 bridgehead atoms. The van der Waals surface area contributed by atoms with E-state index < -0.39 is 35.3 Å². The second-order valence-corrected chi connectivity index (χ2v) is 6.63. The molecule has 0 unspecified atom stereocenters. The molecule has 0 aliphatic carbocycles. The Bertz CT molecular complexity index is 896. The third kappa shape index (κ3) is 2.92. The second kappa shape index (κ2) is 6.79. The van der Waals surface area contributed by atoms with Gasteiger partial charge in [0.15, 0.2) is 5.72 Å². The summed E-state index contributed by atoms with van der Waals surface area (Å²) >= 11 is 6.04. The standard InChI is InChI=1S/C19H16ClN3O3/c20-13-8-4-5-11(9-13)15-14(10-21)19(26,12-6-2-1-3-7-12)23-18(25)16(15)17(22)24/h1-9,14-16,26H,(H2,22,24)(H,23,25)/t14-,15+,16-,19-/m1/s1. The SMILES string of the molecule is N#C[C@@H]1[C@H](c2cccc(Cl)c2)[C@H](C(N)=O)C(=O)N[C@@]1(O)c1ccccc1. The molecule has 4 N–H and O–H groups in total. The second-order valence-electron chi connectivity index (χ2n) is 6.19. The summed E-state index contributed by atoms with van der Waals surface area (Å²) in [6, 6.07) is 16.9. The van der Waals surface area contributed by atoms with Gasteiger partial charge in [-0.3, -0.25) is 9.59 Å². The van der Waals surface area contributed by atoms with Gasteiger partial charge in [0.25, 0.3) is 0 Å². The van der Waals surface area contributed by atoms with Crippen LogP contribution in [0.15, 0.2) is 54.6 Å². The highest BCUT2D eigenvalue weighted by atomic mass is 35.5. The molecular weight excluding hydrogens is 354 g/mol. The van der Waals surface area contributed by atoms with Gasteiger partial charge in [-0.25, -0.2) is 0 Å². The highest BCUT2D eigenvalue weighted by Crippen LogP contribution is 2.45. The number of benzene rings is 2. The van der Waals surface area contributed by atoms with E-state index in [1.807, 2.05) is 0 Å². The van der Waals surface area contributed by atoms with E-state index in [1.54, 1.807) is 54.6 Å².